The second kappa shape index (κ2) is 3.07. The van der Waals surface area contributed by atoms with Crippen LogP contribution >= 0.6 is 11.9 Å². The van der Waals surface area contributed by atoms with Gasteiger partial charge in [0.2, 0.25) is 0 Å². The minimum absolute atomic E-state index is 0.639. The topological polar surface area (TPSA) is 38.9 Å². The number of aromatic nitrogens is 1. The smallest absolute Gasteiger partial charge is 0.0450 e. The van der Waals surface area contributed by atoms with E-state index in [1.165, 1.54) is 34.5 Å². The molecule has 1 aromatic rings. The first kappa shape index (κ1) is 8.08. The van der Waals surface area contributed by atoms with E-state index in [4.69, 9.17) is 5.14 Å². The molecular weight excluding hydrogens is 168 g/mol. The normalized spacial score (nSPS) is 21.0. The molecule has 0 spiro atoms. The maximum Gasteiger partial charge on any atom is 0.0450 e. The predicted molar refractivity (Wildman–Crippen MR) is 51.0 cm³/mol. The number of rotatable bonds is 1. The van der Waals surface area contributed by atoms with E-state index in [2.05, 4.69) is 11.9 Å². The Bertz CT molecular complexity index is 299. The quantitative estimate of drug-likeness (QED) is 0.673. The summed E-state index contributed by atoms with van der Waals surface area (Å²) in [6.07, 6.45) is 4.19. The summed E-state index contributed by atoms with van der Waals surface area (Å²) in [5.74, 6) is 0.639. The van der Waals surface area contributed by atoms with Gasteiger partial charge in [-0.05, 0) is 42.3 Å². The molecule has 0 bridgehead atoms. The summed E-state index contributed by atoms with van der Waals surface area (Å²) in [4.78, 5) is 5.55. The molecule has 0 amide bonds. The first-order chi connectivity index (χ1) is 5.83. The van der Waals surface area contributed by atoms with Crippen LogP contribution in [0.2, 0.25) is 0 Å². The first-order valence-corrected chi connectivity index (χ1v) is 5.05. The molecule has 0 aliphatic heterocycles. The number of nitrogens with zero attached hydrogens (tertiary/aromatic N) is 1. The molecule has 1 aliphatic carbocycles. The number of hydrogen-bond acceptors (Lipinski definition) is 3. The summed E-state index contributed by atoms with van der Waals surface area (Å²) >= 11 is 1.34. The average molecular weight is 180 g/mol. The summed E-state index contributed by atoms with van der Waals surface area (Å²) < 4.78 is 0. The van der Waals surface area contributed by atoms with Crippen molar-refractivity contribution in [3.8, 4) is 0 Å². The lowest BCUT2D eigenvalue weighted by molar-refractivity contribution is 0.738. The third kappa shape index (κ3) is 1.13. The molecular formula is C9H12N2S. The van der Waals surface area contributed by atoms with Crippen LogP contribution in [-0.4, -0.2) is 4.98 Å². The van der Waals surface area contributed by atoms with Crippen molar-refractivity contribution in [1.29, 1.82) is 0 Å². The second-order valence-electron chi connectivity index (χ2n) is 3.23. The molecule has 0 aromatic carbocycles. The number of pyridine rings is 1. The highest BCUT2D eigenvalue weighted by Crippen LogP contribution is 2.36. The summed E-state index contributed by atoms with van der Waals surface area (Å²) in [6, 6.07) is 2.01. The lowest BCUT2D eigenvalue weighted by Crippen LogP contribution is -1.94. The van der Waals surface area contributed by atoms with Crippen LogP contribution in [0.1, 0.15) is 30.5 Å². The van der Waals surface area contributed by atoms with Crippen LogP contribution in [0.15, 0.2) is 17.2 Å². The maximum atomic E-state index is 5.57. The molecule has 3 heteroatoms. The molecule has 0 saturated carbocycles. The van der Waals surface area contributed by atoms with Gasteiger partial charge in [0, 0.05) is 16.8 Å². The first-order valence-electron chi connectivity index (χ1n) is 4.17. The Labute approximate surface area is 76.7 Å². The molecule has 2 rings (SSSR count). The van der Waals surface area contributed by atoms with Crippen molar-refractivity contribution in [2.24, 2.45) is 5.14 Å². The molecule has 64 valence electrons. The zero-order valence-corrected chi connectivity index (χ0v) is 7.90. The fourth-order valence-electron chi connectivity index (χ4n) is 1.82. The molecule has 1 atom stereocenters. The van der Waals surface area contributed by atoms with E-state index in [1.807, 2.05) is 12.3 Å². The summed E-state index contributed by atoms with van der Waals surface area (Å²) in [6.45, 7) is 2.24. The number of aryl methyl sites for hydroxylation is 1. The van der Waals surface area contributed by atoms with Crippen molar-refractivity contribution in [2.75, 3.05) is 0 Å². The molecule has 0 radical (unpaired) electrons. The highest BCUT2D eigenvalue weighted by molar-refractivity contribution is 7.97. The van der Waals surface area contributed by atoms with Crippen LogP contribution < -0.4 is 5.14 Å². The van der Waals surface area contributed by atoms with E-state index >= 15 is 0 Å². The molecule has 1 unspecified atom stereocenters. The fraction of sp³-hybridized carbons (Fsp3) is 0.444. The summed E-state index contributed by atoms with van der Waals surface area (Å²) in [7, 11) is 0. The van der Waals surface area contributed by atoms with E-state index in [0.29, 0.717) is 5.92 Å². The van der Waals surface area contributed by atoms with Crippen molar-refractivity contribution >= 4 is 11.9 Å². The standard InChI is InChI=1S/C9H12N2S/c1-6-2-3-7-9(6)8(12-10)4-5-11-7/h4-6H,2-3,10H2,1H3. The molecule has 1 aliphatic rings. The van der Waals surface area contributed by atoms with Crippen LogP contribution in [-0.2, 0) is 6.42 Å². The minimum atomic E-state index is 0.639. The van der Waals surface area contributed by atoms with E-state index in [-0.39, 0.29) is 0 Å². The van der Waals surface area contributed by atoms with Crippen molar-refractivity contribution in [3.63, 3.8) is 0 Å². The van der Waals surface area contributed by atoms with Gasteiger partial charge in [-0.15, -0.1) is 0 Å². The van der Waals surface area contributed by atoms with Crippen molar-refractivity contribution in [3.05, 3.63) is 23.5 Å². The minimum Gasteiger partial charge on any atom is -0.274 e. The third-order valence-corrected chi connectivity index (χ3v) is 3.08. The molecule has 1 heterocycles. The van der Waals surface area contributed by atoms with Crippen LogP contribution in [0.25, 0.3) is 0 Å². The van der Waals surface area contributed by atoms with Gasteiger partial charge >= 0.3 is 0 Å². The summed E-state index contributed by atoms with van der Waals surface area (Å²) in [5, 5.41) is 5.57. The Balaban J connectivity index is 2.53. The molecule has 1 aromatic heterocycles. The Morgan fingerprint density at radius 1 is 1.67 bits per heavy atom. The van der Waals surface area contributed by atoms with Gasteiger partial charge in [0.1, 0.15) is 0 Å². The van der Waals surface area contributed by atoms with Gasteiger partial charge in [-0.2, -0.15) is 0 Å². The van der Waals surface area contributed by atoms with Gasteiger partial charge in [-0.1, -0.05) is 6.92 Å². The highest BCUT2D eigenvalue weighted by Gasteiger charge is 2.22. The molecule has 2 nitrogen and oxygen atoms in total. The fourth-order valence-corrected chi connectivity index (χ4v) is 2.41. The molecule has 2 N–H and O–H groups in total. The van der Waals surface area contributed by atoms with Gasteiger partial charge in [-0.25, -0.2) is 0 Å². The second-order valence-corrected chi connectivity index (χ2v) is 3.90. The lowest BCUT2D eigenvalue weighted by atomic mass is 10.1. The van der Waals surface area contributed by atoms with Gasteiger partial charge < -0.3 is 0 Å². The Hall–Kier alpha value is -0.540. The van der Waals surface area contributed by atoms with Gasteiger partial charge in [-0.3, -0.25) is 10.1 Å². The molecule has 0 fully saturated rings. The van der Waals surface area contributed by atoms with Gasteiger partial charge in [0.25, 0.3) is 0 Å². The number of fused-ring (bicyclic) bond motifs is 1. The van der Waals surface area contributed by atoms with Gasteiger partial charge in [0.15, 0.2) is 0 Å². The van der Waals surface area contributed by atoms with Crippen molar-refractivity contribution < 1.29 is 0 Å². The van der Waals surface area contributed by atoms with E-state index < -0.39 is 0 Å². The SMILES string of the molecule is CC1CCc2nccc(SN)c21. The third-order valence-electron chi connectivity index (χ3n) is 2.47. The Kier molecular flexibility index (Phi) is 2.07. The van der Waals surface area contributed by atoms with E-state index in [9.17, 15) is 0 Å². The van der Waals surface area contributed by atoms with E-state index in [1.54, 1.807) is 0 Å². The van der Waals surface area contributed by atoms with E-state index in [0.717, 1.165) is 6.42 Å². The van der Waals surface area contributed by atoms with Crippen molar-refractivity contribution in [2.45, 2.75) is 30.6 Å². The highest BCUT2D eigenvalue weighted by atomic mass is 32.2. The largest absolute Gasteiger partial charge is 0.274 e. The average Bonchev–Trinajstić information content (AvgIpc) is 2.48. The number of hydrogen-bond donors (Lipinski definition) is 1. The summed E-state index contributed by atoms with van der Waals surface area (Å²) in [5.41, 5.74) is 2.63. The van der Waals surface area contributed by atoms with Crippen LogP contribution in [0.5, 0.6) is 0 Å². The lowest BCUT2D eigenvalue weighted by Gasteiger charge is -2.07. The van der Waals surface area contributed by atoms with Crippen LogP contribution in [0.4, 0.5) is 0 Å². The monoisotopic (exact) mass is 180 g/mol. The van der Waals surface area contributed by atoms with Gasteiger partial charge in [0.05, 0.1) is 0 Å². The Morgan fingerprint density at radius 2 is 2.50 bits per heavy atom. The molecule has 12 heavy (non-hydrogen) atoms. The molecule has 0 saturated heterocycles. The predicted octanol–water partition coefficient (Wildman–Crippen LogP) is 2.10. The van der Waals surface area contributed by atoms with Crippen LogP contribution in [0.3, 0.4) is 0 Å². The zero-order valence-electron chi connectivity index (χ0n) is 7.08. The zero-order chi connectivity index (χ0) is 8.55. The Morgan fingerprint density at radius 3 is 3.25 bits per heavy atom. The maximum absolute atomic E-state index is 5.57. The number of nitrogens with two attached hydrogens (primary N) is 1. The van der Waals surface area contributed by atoms with Crippen molar-refractivity contribution in [1.82, 2.24) is 4.98 Å². The van der Waals surface area contributed by atoms with Crippen LogP contribution in [0, 0.1) is 0 Å².